The number of alkyl halides is 6. The van der Waals surface area contributed by atoms with Gasteiger partial charge < -0.3 is 18.8 Å². The average Bonchev–Trinajstić information content (AvgIpc) is 3.46. The van der Waals surface area contributed by atoms with E-state index in [0.717, 1.165) is 12.1 Å². The molecule has 0 aliphatic carbocycles. The molecule has 0 unspecified atom stereocenters. The van der Waals surface area contributed by atoms with Crippen molar-refractivity contribution in [2.45, 2.75) is 18.8 Å². The smallest absolute Gasteiger partial charge is 0.433 e. The predicted octanol–water partition coefficient (Wildman–Crippen LogP) is 4.45. The van der Waals surface area contributed by atoms with Crippen LogP contribution in [0.2, 0.25) is 0 Å². The van der Waals surface area contributed by atoms with Gasteiger partial charge in [-0.1, -0.05) is 0 Å². The van der Waals surface area contributed by atoms with Gasteiger partial charge in [0.05, 0.1) is 23.8 Å². The lowest BCUT2D eigenvalue weighted by molar-refractivity contribution is -0.402. The SMILES string of the molecule is O=C(OCC(=O)N(C[C@H]1CCOC1)c1cc(C(F)(F)F)cc(C(F)(F)F)c1)c1ccc([N+](=O)[O-])o1. The van der Waals surface area contributed by atoms with Gasteiger partial charge in [-0.05, 0) is 30.7 Å². The van der Waals surface area contributed by atoms with Crippen molar-refractivity contribution >= 4 is 23.4 Å². The van der Waals surface area contributed by atoms with Gasteiger partial charge in [-0.2, -0.15) is 26.3 Å². The van der Waals surface area contributed by atoms with E-state index in [9.17, 15) is 46.0 Å². The number of carbonyl (C=O) groups is 2. The van der Waals surface area contributed by atoms with Crippen molar-refractivity contribution in [1.29, 1.82) is 0 Å². The number of benzene rings is 1. The molecule has 15 heteroatoms. The number of ether oxygens (including phenoxy) is 2. The molecule has 190 valence electrons. The Hall–Kier alpha value is -3.62. The van der Waals surface area contributed by atoms with Crippen molar-refractivity contribution in [3.05, 3.63) is 57.3 Å². The van der Waals surface area contributed by atoms with Crippen molar-refractivity contribution in [1.82, 2.24) is 0 Å². The number of amides is 1. The van der Waals surface area contributed by atoms with Gasteiger partial charge in [0.1, 0.15) is 4.92 Å². The van der Waals surface area contributed by atoms with Crippen molar-refractivity contribution in [3.8, 4) is 0 Å². The maximum Gasteiger partial charge on any atom is 0.433 e. The maximum atomic E-state index is 13.3. The first-order valence-electron chi connectivity index (χ1n) is 9.84. The third kappa shape index (κ3) is 6.49. The van der Waals surface area contributed by atoms with Crippen LogP contribution in [-0.4, -0.2) is 43.2 Å². The van der Waals surface area contributed by atoms with E-state index in [4.69, 9.17) is 9.47 Å². The first-order chi connectivity index (χ1) is 16.3. The van der Waals surface area contributed by atoms with Crippen LogP contribution < -0.4 is 4.90 Å². The van der Waals surface area contributed by atoms with E-state index in [2.05, 4.69) is 4.42 Å². The second-order valence-corrected chi connectivity index (χ2v) is 7.47. The monoisotopic (exact) mass is 510 g/mol. The number of esters is 1. The molecule has 0 bridgehead atoms. The number of nitrogens with zero attached hydrogens (tertiary/aromatic N) is 2. The molecule has 9 nitrogen and oxygen atoms in total. The second-order valence-electron chi connectivity index (χ2n) is 7.47. The number of halogens is 6. The molecule has 1 fully saturated rings. The summed E-state index contributed by atoms with van der Waals surface area (Å²) in [5.41, 5.74) is -3.95. The van der Waals surface area contributed by atoms with Crippen LogP contribution in [0.15, 0.2) is 34.7 Å². The van der Waals surface area contributed by atoms with E-state index < -0.39 is 70.1 Å². The zero-order valence-corrected chi connectivity index (χ0v) is 17.5. The maximum absolute atomic E-state index is 13.3. The first-order valence-corrected chi connectivity index (χ1v) is 9.84. The standard InChI is InChI=1S/C20H16F6N2O7/c21-19(22,23)12-5-13(20(24,25)26)7-14(6-12)27(8-11-3-4-33-9-11)16(29)10-34-18(30)15-1-2-17(35-15)28(31)32/h1-2,5-7,11H,3-4,8-10H2/t11-/m1/s1. The van der Waals surface area contributed by atoms with Crippen LogP contribution in [0.5, 0.6) is 0 Å². The minimum Gasteiger partial charge on any atom is -0.450 e. The van der Waals surface area contributed by atoms with Crippen LogP contribution in [0.3, 0.4) is 0 Å². The lowest BCUT2D eigenvalue weighted by Crippen LogP contribution is -2.39. The van der Waals surface area contributed by atoms with Crippen molar-refractivity contribution in [2.24, 2.45) is 5.92 Å². The van der Waals surface area contributed by atoms with Gasteiger partial charge in [-0.25, -0.2) is 4.79 Å². The van der Waals surface area contributed by atoms with Crippen molar-refractivity contribution in [2.75, 3.05) is 31.3 Å². The van der Waals surface area contributed by atoms with Gasteiger partial charge in [-0.3, -0.25) is 14.9 Å². The highest BCUT2D eigenvalue weighted by atomic mass is 19.4. The Balaban J connectivity index is 1.88. The van der Waals surface area contributed by atoms with Crippen LogP contribution in [0.4, 0.5) is 37.9 Å². The lowest BCUT2D eigenvalue weighted by Gasteiger charge is -2.27. The minimum atomic E-state index is -5.14. The van der Waals surface area contributed by atoms with E-state index in [1.54, 1.807) is 0 Å². The van der Waals surface area contributed by atoms with Crippen LogP contribution in [-0.2, 0) is 26.6 Å². The summed E-state index contributed by atoms with van der Waals surface area (Å²) in [6.07, 6.45) is -9.88. The Labute approximate surface area is 192 Å². The van der Waals surface area contributed by atoms with E-state index in [1.165, 1.54) is 0 Å². The highest BCUT2D eigenvalue weighted by Gasteiger charge is 2.38. The Morgan fingerprint density at radius 1 is 1.09 bits per heavy atom. The van der Waals surface area contributed by atoms with Gasteiger partial charge in [-0.15, -0.1) is 0 Å². The van der Waals surface area contributed by atoms with Crippen LogP contribution in [0, 0.1) is 16.0 Å². The van der Waals surface area contributed by atoms with Gasteiger partial charge in [0.2, 0.25) is 5.76 Å². The molecule has 1 aromatic carbocycles. The third-order valence-electron chi connectivity index (χ3n) is 4.95. The fourth-order valence-electron chi connectivity index (χ4n) is 3.24. The quantitative estimate of drug-likeness (QED) is 0.234. The summed E-state index contributed by atoms with van der Waals surface area (Å²) >= 11 is 0. The number of hydrogen-bond acceptors (Lipinski definition) is 7. The lowest BCUT2D eigenvalue weighted by atomic mass is 10.0. The molecule has 1 amide bonds. The number of anilines is 1. The van der Waals surface area contributed by atoms with Crippen LogP contribution >= 0.6 is 0 Å². The first kappa shape index (κ1) is 26.0. The zero-order chi connectivity index (χ0) is 26.0. The van der Waals surface area contributed by atoms with Gasteiger partial charge in [0.25, 0.3) is 5.91 Å². The molecule has 0 N–H and O–H groups in total. The number of carbonyl (C=O) groups excluding carboxylic acids is 2. The summed E-state index contributed by atoms with van der Waals surface area (Å²) in [5, 5.41) is 10.6. The molecular formula is C20H16F6N2O7. The second kappa shape index (κ2) is 9.93. The molecule has 1 aliphatic heterocycles. The molecule has 0 spiro atoms. The molecule has 35 heavy (non-hydrogen) atoms. The van der Waals surface area contributed by atoms with Gasteiger partial charge in [0.15, 0.2) is 6.61 Å². The Kier molecular flexibility index (Phi) is 7.38. The largest absolute Gasteiger partial charge is 0.450 e. The Bertz CT molecular complexity index is 1070. The summed E-state index contributed by atoms with van der Waals surface area (Å²) < 4.78 is 94.2. The van der Waals surface area contributed by atoms with Gasteiger partial charge >= 0.3 is 24.2 Å². The zero-order valence-electron chi connectivity index (χ0n) is 17.5. The normalized spacial score (nSPS) is 16.2. The van der Waals surface area contributed by atoms with E-state index in [-0.39, 0.29) is 25.8 Å². The summed E-state index contributed by atoms with van der Waals surface area (Å²) in [5.74, 6) is -4.23. The third-order valence-corrected chi connectivity index (χ3v) is 4.95. The van der Waals surface area contributed by atoms with E-state index in [1.807, 2.05) is 0 Å². The number of furan rings is 1. The molecule has 0 radical (unpaired) electrons. The number of rotatable bonds is 7. The molecule has 2 aromatic rings. The van der Waals surface area contributed by atoms with Crippen LogP contribution in [0.1, 0.15) is 28.1 Å². The molecule has 2 heterocycles. The highest BCUT2D eigenvalue weighted by Crippen LogP contribution is 2.38. The number of nitro groups is 1. The fourth-order valence-corrected chi connectivity index (χ4v) is 3.24. The van der Waals surface area contributed by atoms with E-state index >= 15 is 0 Å². The highest BCUT2D eigenvalue weighted by molar-refractivity contribution is 5.96. The Morgan fingerprint density at radius 3 is 2.20 bits per heavy atom. The molecular weight excluding hydrogens is 494 g/mol. The molecule has 0 saturated carbocycles. The minimum absolute atomic E-state index is 0.0747. The fraction of sp³-hybridized carbons (Fsp3) is 0.400. The van der Waals surface area contributed by atoms with Crippen molar-refractivity contribution < 1.29 is 54.7 Å². The summed E-state index contributed by atoms with van der Waals surface area (Å²) in [6.45, 7) is -0.986. The molecule has 3 rings (SSSR count). The molecule has 1 aromatic heterocycles. The van der Waals surface area contributed by atoms with Crippen molar-refractivity contribution in [3.63, 3.8) is 0 Å². The topological polar surface area (TPSA) is 112 Å². The summed E-state index contributed by atoms with van der Waals surface area (Å²) in [6, 6.07) is 2.46. The predicted molar refractivity (Wildman–Crippen MR) is 103 cm³/mol. The molecule has 1 saturated heterocycles. The Morgan fingerprint density at radius 2 is 1.71 bits per heavy atom. The molecule has 1 atom stereocenters. The average molecular weight is 510 g/mol. The summed E-state index contributed by atoms with van der Waals surface area (Å²) in [7, 11) is 0. The number of hydrogen-bond donors (Lipinski definition) is 0. The molecule has 1 aliphatic rings. The van der Waals surface area contributed by atoms with Crippen LogP contribution in [0.25, 0.3) is 0 Å². The van der Waals surface area contributed by atoms with E-state index in [0.29, 0.717) is 23.5 Å². The van der Waals surface area contributed by atoms with Gasteiger partial charge in [0, 0.05) is 24.8 Å². The summed E-state index contributed by atoms with van der Waals surface area (Å²) in [4.78, 5) is 35.2.